The topological polar surface area (TPSA) is 43.8 Å². The van der Waals surface area contributed by atoms with Crippen LogP contribution in [0.15, 0.2) is 0 Å². The number of hydrogen-bond donors (Lipinski definition) is 1. The molecule has 0 aromatic carbocycles. The van der Waals surface area contributed by atoms with Crippen molar-refractivity contribution in [2.45, 2.75) is 57.6 Å². The summed E-state index contributed by atoms with van der Waals surface area (Å²) in [6.45, 7) is 5.14. The van der Waals surface area contributed by atoms with Gasteiger partial charge in [-0.3, -0.25) is 9.69 Å². The minimum absolute atomic E-state index is 0.174. The van der Waals surface area contributed by atoms with E-state index in [1.807, 2.05) is 11.8 Å². The van der Waals surface area contributed by atoms with Crippen molar-refractivity contribution in [1.82, 2.24) is 9.80 Å². The van der Waals surface area contributed by atoms with Crippen LogP contribution >= 0.6 is 0 Å². The Morgan fingerprint density at radius 3 is 2.50 bits per heavy atom. The first kappa shape index (κ1) is 13.8. The molecule has 1 N–H and O–H groups in total. The number of carbonyl (C=O) groups excluding carboxylic acids is 1. The third-order valence-electron chi connectivity index (χ3n) is 4.27. The summed E-state index contributed by atoms with van der Waals surface area (Å²) < 4.78 is 0. The Labute approximate surface area is 110 Å². The third kappa shape index (κ3) is 3.45. The highest BCUT2D eigenvalue weighted by molar-refractivity contribution is 5.78. The molecule has 1 amide bonds. The first-order valence-corrected chi connectivity index (χ1v) is 7.38. The molecule has 2 heterocycles. The molecule has 4 nitrogen and oxygen atoms in total. The molecule has 0 saturated carbocycles. The molecule has 2 aliphatic heterocycles. The quantitative estimate of drug-likeness (QED) is 0.824. The van der Waals surface area contributed by atoms with Crippen molar-refractivity contribution >= 4 is 5.91 Å². The second-order valence-electron chi connectivity index (χ2n) is 5.72. The number of rotatable bonds is 3. The van der Waals surface area contributed by atoms with E-state index >= 15 is 0 Å². The molecule has 2 aliphatic rings. The van der Waals surface area contributed by atoms with Crippen LogP contribution in [-0.2, 0) is 4.79 Å². The Morgan fingerprint density at radius 1 is 1.17 bits per heavy atom. The fraction of sp³-hybridized carbons (Fsp3) is 0.929. The summed E-state index contributed by atoms with van der Waals surface area (Å²) >= 11 is 0. The predicted octanol–water partition coefficient (Wildman–Crippen LogP) is 1.23. The molecule has 2 saturated heterocycles. The second kappa shape index (κ2) is 6.53. The monoisotopic (exact) mass is 254 g/mol. The molecule has 0 aliphatic carbocycles. The van der Waals surface area contributed by atoms with Gasteiger partial charge in [-0.05, 0) is 45.6 Å². The number of aliphatic hydroxyl groups is 1. The molecule has 0 bridgehead atoms. The van der Waals surface area contributed by atoms with E-state index in [0.717, 1.165) is 45.3 Å². The zero-order valence-corrected chi connectivity index (χ0v) is 11.5. The third-order valence-corrected chi connectivity index (χ3v) is 4.27. The maximum absolute atomic E-state index is 12.2. The van der Waals surface area contributed by atoms with E-state index in [1.165, 1.54) is 12.8 Å². The van der Waals surface area contributed by atoms with E-state index in [1.54, 1.807) is 0 Å². The van der Waals surface area contributed by atoms with Crippen molar-refractivity contribution in [3.63, 3.8) is 0 Å². The molecular formula is C14H26N2O2. The van der Waals surface area contributed by atoms with Crippen LogP contribution in [0, 0.1) is 0 Å². The van der Waals surface area contributed by atoms with Gasteiger partial charge in [0.05, 0.1) is 12.6 Å². The zero-order chi connectivity index (χ0) is 13.0. The SMILES string of the molecule is CC(O)C1CCCCN1CC(=O)N1CCCCC1. The molecule has 4 heteroatoms. The second-order valence-corrected chi connectivity index (χ2v) is 5.72. The minimum atomic E-state index is -0.334. The van der Waals surface area contributed by atoms with Crippen LogP contribution in [0.1, 0.15) is 45.4 Å². The summed E-state index contributed by atoms with van der Waals surface area (Å²) in [5.74, 6) is 0.252. The standard InChI is InChI=1S/C14H26N2O2/c1-12(17)13-7-3-6-10-16(13)11-14(18)15-8-4-2-5-9-15/h12-13,17H,2-11H2,1H3. The molecule has 0 spiro atoms. The van der Waals surface area contributed by atoms with Crippen molar-refractivity contribution in [2.24, 2.45) is 0 Å². The molecule has 104 valence electrons. The van der Waals surface area contributed by atoms with Crippen LogP contribution in [0.4, 0.5) is 0 Å². The van der Waals surface area contributed by atoms with E-state index in [4.69, 9.17) is 0 Å². The maximum atomic E-state index is 12.2. The number of hydrogen-bond acceptors (Lipinski definition) is 3. The maximum Gasteiger partial charge on any atom is 0.236 e. The Bertz CT molecular complexity index is 275. The summed E-state index contributed by atoms with van der Waals surface area (Å²) in [6.07, 6.45) is 6.55. The molecule has 0 aromatic heterocycles. The summed E-state index contributed by atoms with van der Waals surface area (Å²) in [6, 6.07) is 0.174. The van der Waals surface area contributed by atoms with Gasteiger partial charge in [0.15, 0.2) is 0 Å². The highest BCUT2D eigenvalue weighted by Crippen LogP contribution is 2.20. The number of piperidine rings is 2. The van der Waals surface area contributed by atoms with Gasteiger partial charge < -0.3 is 10.0 Å². The molecular weight excluding hydrogens is 228 g/mol. The molecule has 2 atom stereocenters. The molecule has 0 aromatic rings. The fourth-order valence-electron chi connectivity index (χ4n) is 3.18. The summed E-state index contributed by atoms with van der Waals surface area (Å²) in [7, 11) is 0. The van der Waals surface area contributed by atoms with Gasteiger partial charge in [0.2, 0.25) is 5.91 Å². The van der Waals surface area contributed by atoms with E-state index in [2.05, 4.69) is 4.90 Å². The first-order valence-electron chi connectivity index (χ1n) is 7.38. The van der Waals surface area contributed by atoms with E-state index in [0.29, 0.717) is 6.54 Å². The van der Waals surface area contributed by atoms with Gasteiger partial charge in [0, 0.05) is 19.1 Å². The minimum Gasteiger partial charge on any atom is -0.392 e. The van der Waals surface area contributed by atoms with Crippen molar-refractivity contribution < 1.29 is 9.90 Å². The van der Waals surface area contributed by atoms with Crippen molar-refractivity contribution in [3.8, 4) is 0 Å². The Morgan fingerprint density at radius 2 is 1.83 bits per heavy atom. The lowest BCUT2D eigenvalue weighted by Crippen LogP contribution is -2.51. The van der Waals surface area contributed by atoms with Crippen LogP contribution in [0.2, 0.25) is 0 Å². The normalized spacial score (nSPS) is 28.1. The van der Waals surface area contributed by atoms with Crippen molar-refractivity contribution in [1.29, 1.82) is 0 Å². The van der Waals surface area contributed by atoms with Crippen LogP contribution in [-0.4, -0.2) is 59.1 Å². The largest absolute Gasteiger partial charge is 0.392 e. The lowest BCUT2D eigenvalue weighted by molar-refractivity contribution is -0.135. The Balaban J connectivity index is 1.87. The van der Waals surface area contributed by atoms with E-state index in [-0.39, 0.29) is 18.1 Å². The van der Waals surface area contributed by atoms with Crippen molar-refractivity contribution in [3.05, 3.63) is 0 Å². The smallest absolute Gasteiger partial charge is 0.236 e. The van der Waals surface area contributed by atoms with Gasteiger partial charge in [-0.15, -0.1) is 0 Å². The van der Waals surface area contributed by atoms with Gasteiger partial charge in [0.1, 0.15) is 0 Å². The lowest BCUT2D eigenvalue weighted by Gasteiger charge is -2.38. The number of carbonyl (C=O) groups is 1. The van der Waals surface area contributed by atoms with Gasteiger partial charge in [-0.2, -0.15) is 0 Å². The molecule has 18 heavy (non-hydrogen) atoms. The summed E-state index contributed by atoms with van der Waals surface area (Å²) in [5.41, 5.74) is 0. The van der Waals surface area contributed by atoms with Crippen LogP contribution in [0.25, 0.3) is 0 Å². The number of nitrogens with zero attached hydrogens (tertiary/aromatic N) is 2. The van der Waals surface area contributed by atoms with Crippen LogP contribution in [0.3, 0.4) is 0 Å². The van der Waals surface area contributed by atoms with Gasteiger partial charge in [-0.25, -0.2) is 0 Å². The molecule has 2 rings (SSSR count). The Kier molecular flexibility index (Phi) is 5.01. The average molecular weight is 254 g/mol. The van der Waals surface area contributed by atoms with Gasteiger partial charge in [-0.1, -0.05) is 6.42 Å². The van der Waals surface area contributed by atoms with E-state index in [9.17, 15) is 9.90 Å². The van der Waals surface area contributed by atoms with Crippen LogP contribution in [0.5, 0.6) is 0 Å². The number of amides is 1. The average Bonchev–Trinajstić information content (AvgIpc) is 2.40. The molecule has 0 radical (unpaired) electrons. The number of likely N-dealkylation sites (tertiary alicyclic amines) is 2. The van der Waals surface area contributed by atoms with Crippen LogP contribution < -0.4 is 0 Å². The first-order chi connectivity index (χ1) is 8.68. The predicted molar refractivity (Wildman–Crippen MR) is 71.3 cm³/mol. The molecule has 2 unspecified atom stereocenters. The highest BCUT2D eigenvalue weighted by atomic mass is 16.3. The highest BCUT2D eigenvalue weighted by Gasteiger charge is 2.29. The number of aliphatic hydroxyl groups excluding tert-OH is 1. The van der Waals surface area contributed by atoms with Gasteiger partial charge in [0.25, 0.3) is 0 Å². The van der Waals surface area contributed by atoms with E-state index < -0.39 is 0 Å². The van der Waals surface area contributed by atoms with Gasteiger partial charge >= 0.3 is 0 Å². The summed E-state index contributed by atoms with van der Waals surface area (Å²) in [5, 5.41) is 9.80. The summed E-state index contributed by atoms with van der Waals surface area (Å²) in [4.78, 5) is 16.4. The fourth-order valence-corrected chi connectivity index (χ4v) is 3.18. The van der Waals surface area contributed by atoms with Crippen molar-refractivity contribution in [2.75, 3.05) is 26.2 Å². The molecule has 2 fully saturated rings. The lowest BCUT2D eigenvalue weighted by atomic mass is 9.98. The zero-order valence-electron chi connectivity index (χ0n) is 11.5. The Hall–Kier alpha value is -0.610.